The summed E-state index contributed by atoms with van der Waals surface area (Å²) >= 11 is 0. The minimum atomic E-state index is -0.166. The molecule has 1 saturated carbocycles. The summed E-state index contributed by atoms with van der Waals surface area (Å²) in [6, 6.07) is 0.414. The van der Waals surface area contributed by atoms with E-state index in [1.54, 1.807) is 0 Å². The summed E-state index contributed by atoms with van der Waals surface area (Å²) in [6.45, 7) is 7.89. The summed E-state index contributed by atoms with van der Waals surface area (Å²) in [6.07, 6.45) is 6.41. The molecule has 0 aromatic heterocycles. The molecule has 1 aliphatic carbocycles. The van der Waals surface area contributed by atoms with E-state index in [0.717, 1.165) is 26.0 Å². The molecule has 2 amide bonds. The third-order valence-electron chi connectivity index (χ3n) is 4.86. The molecule has 2 saturated heterocycles. The minimum absolute atomic E-state index is 0.0884. The van der Waals surface area contributed by atoms with Crippen LogP contribution >= 0.6 is 0 Å². The zero-order valence-corrected chi connectivity index (χ0v) is 12.4. The van der Waals surface area contributed by atoms with Gasteiger partial charge in [-0.15, -0.1) is 0 Å². The Morgan fingerprint density at radius 1 is 1.32 bits per heavy atom. The highest BCUT2D eigenvalue weighted by molar-refractivity contribution is 5.77. The number of hydrogen-bond donors (Lipinski definition) is 1. The van der Waals surface area contributed by atoms with Crippen LogP contribution < -0.4 is 5.32 Å². The Morgan fingerprint density at radius 2 is 2.05 bits per heavy atom. The van der Waals surface area contributed by atoms with Crippen LogP contribution in [0.25, 0.3) is 0 Å². The number of ether oxygens (including phenoxy) is 1. The first-order valence-corrected chi connectivity index (χ1v) is 7.62. The van der Waals surface area contributed by atoms with Crippen LogP contribution in [0.3, 0.4) is 0 Å². The van der Waals surface area contributed by atoms with Crippen LogP contribution in [0.4, 0.5) is 4.79 Å². The van der Waals surface area contributed by atoms with E-state index < -0.39 is 0 Å². The van der Waals surface area contributed by atoms with Crippen LogP contribution in [0.1, 0.15) is 52.9 Å². The van der Waals surface area contributed by atoms with Crippen molar-refractivity contribution in [3.63, 3.8) is 0 Å². The van der Waals surface area contributed by atoms with E-state index in [1.807, 2.05) is 25.7 Å². The van der Waals surface area contributed by atoms with Crippen molar-refractivity contribution in [3.05, 3.63) is 0 Å². The molecule has 3 fully saturated rings. The van der Waals surface area contributed by atoms with Gasteiger partial charge in [-0.25, -0.2) is 4.79 Å². The molecule has 2 aliphatic heterocycles. The number of likely N-dealkylation sites (tertiary alicyclic amines) is 1. The van der Waals surface area contributed by atoms with E-state index in [4.69, 9.17) is 4.74 Å². The Labute approximate surface area is 115 Å². The fourth-order valence-corrected chi connectivity index (χ4v) is 3.87. The molecule has 1 spiro atoms. The molecule has 2 atom stereocenters. The summed E-state index contributed by atoms with van der Waals surface area (Å²) in [5, 5.41) is 3.09. The maximum absolute atomic E-state index is 12.4. The average molecular weight is 266 g/mol. The highest BCUT2D eigenvalue weighted by Crippen LogP contribution is 2.55. The summed E-state index contributed by atoms with van der Waals surface area (Å²) in [7, 11) is 0. The Bertz CT molecular complexity index is 365. The van der Waals surface area contributed by atoms with Gasteiger partial charge in [0.15, 0.2) is 0 Å². The molecule has 19 heavy (non-hydrogen) atoms. The Kier molecular flexibility index (Phi) is 3.04. The molecule has 2 heterocycles. The normalized spacial score (nSPS) is 32.9. The van der Waals surface area contributed by atoms with Gasteiger partial charge in [0, 0.05) is 24.1 Å². The second kappa shape index (κ2) is 4.37. The van der Waals surface area contributed by atoms with Crippen LogP contribution in [0, 0.1) is 5.41 Å². The van der Waals surface area contributed by atoms with Crippen molar-refractivity contribution in [1.29, 1.82) is 0 Å². The number of amides is 2. The number of rotatable bonds is 1. The monoisotopic (exact) mass is 266 g/mol. The highest BCUT2D eigenvalue weighted by atomic mass is 16.5. The lowest BCUT2D eigenvalue weighted by molar-refractivity contribution is -0.148. The van der Waals surface area contributed by atoms with Gasteiger partial charge in [0.2, 0.25) is 0 Å². The van der Waals surface area contributed by atoms with Crippen molar-refractivity contribution in [2.24, 2.45) is 5.41 Å². The first kappa shape index (κ1) is 13.2. The molecule has 4 heteroatoms. The Hall–Kier alpha value is -0.770. The maximum atomic E-state index is 12.4. The standard InChI is InChI=1S/C15H26N2O2/c1-14(2,3)16-13(18)17-10-15(7-5-8-15)12(17)11-6-4-9-19-11/h11-12H,4-10H2,1-3H3,(H,16,18). The Morgan fingerprint density at radius 3 is 2.53 bits per heavy atom. The van der Waals surface area contributed by atoms with Crippen molar-refractivity contribution in [2.75, 3.05) is 13.2 Å². The molecule has 0 radical (unpaired) electrons. The zero-order chi connectivity index (χ0) is 13.7. The lowest BCUT2D eigenvalue weighted by Gasteiger charge is -2.63. The van der Waals surface area contributed by atoms with E-state index in [1.165, 1.54) is 19.3 Å². The molecule has 0 aromatic rings. The predicted octanol–water partition coefficient (Wildman–Crippen LogP) is 2.53. The largest absolute Gasteiger partial charge is 0.376 e. The molecule has 4 nitrogen and oxygen atoms in total. The number of nitrogens with zero attached hydrogens (tertiary/aromatic N) is 1. The molecule has 2 unspecified atom stereocenters. The van der Waals surface area contributed by atoms with Crippen molar-refractivity contribution in [2.45, 2.75) is 70.6 Å². The van der Waals surface area contributed by atoms with Gasteiger partial charge < -0.3 is 15.0 Å². The number of carbonyl (C=O) groups is 1. The topological polar surface area (TPSA) is 41.6 Å². The first-order chi connectivity index (χ1) is 8.91. The highest BCUT2D eigenvalue weighted by Gasteiger charge is 2.60. The summed E-state index contributed by atoms with van der Waals surface area (Å²) in [5.41, 5.74) is 0.227. The van der Waals surface area contributed by atoms with Gasteiger partial charge in [-0.2, -0.15) is 0 Å². The SMILES string of the molecule is CC(C)(C)NC(=O)N1CC2(CCC2)C1C1CCCO1. The maximum Gasteiger partial charge on any atom is 0.318 e. The number of hydrogen-bond acceptors (Lipinski definition) is 2. The third-order valence-corrected chi connectivity index (χ3v) is 4.86. The lowest BCUT2D eigenvalue weighted by Crippen LogP contribution is -2.74. The molecule has 0 aromatic carbocycles. The predicted molar refractivity (Wildman–Crippen MR) is 74.0 cm³/mol. The van der Waals surface area contributed by atoms with Gasteiger partial charge in [0.1, 0.15) is 0 Å². The quantitative estimate of drug-likeness (QED) is 0.792. The lowest BCUT2D eigenvalue weighted by atomic mass is 9.56. The van der Waals surface area contributed by atoms with Gasteiger partial charge in [-0.3, -0.25) is 0 Å². The molecule has 1 N–H and O–H groups in total. The van der Waals surface area contributed by atoms with E-state index in [-0.39, 0.29) is 17.7 Å². The summed E-state index contributed by atoms with van der Waals surface area (Å²) < 4.78 is 5.88. The number of nitrogens with one attached hydrogen (secondary N) is 1. The average Bonchev–Trinajstić information content (AvgIpc) is 2.63. The number of urea groups is 1. The van der Waals surface area contributed by atoms with Crippen LogP contribution in [0.2, 0.25) is 0 Å². The van der Waals surface area contributed by atoms with E-state index in [2.05, 4.69) is 5.32 Å². The molecule has 108 valence electrons. The van der Waals surface area contributed by atoms with E-state index in [0.29, 0.717) is 11.5 Å². The summed E-state index contributed by atoms with van der Waals surface area (Å²) in [4.78, 5) is 14.4. The second-order valence-corrected chi connectivity index (χ2v) is 7.52. The Balaban J connectivity index is 1.69. The van der Waals surface area contributed by atoms with Crippen molar-refractivity contribution in [1.82, 2.24) is 10.2 Å². The second-order valence-electron chi connectivity index (χ2n) is 7.52. The van der Waals surface area contributed by atoms with Gasteiger partial charge in [-0.05, 0) is 46.5 Å². The molecular weight excluding hydrogens is 240 g/mol. The molecule has 3 rings (SSSR count). The van der Waals surface area contributed by atoms with Crippen LogP contribution in [0.5, 0.6) is 0 Å². The van der Waals surface area contributed by atoms with Gasteiger partial charge in [-0.1, -0.05) is 6.42 Å². The van der Waals surface area contributed by atoms with Crippen molar-refractivity contribution in [3.8, 4) is 0 Å². The molecular formula is C15H26N2O2. The van der Waals surface area contributed by atoms with E-state index >= 15 is 0 Å². The van der Waals surface area contributed by atoms with Crippen LogP contribution in [0.15, 0.2) is 0 Å². The molecule has 3 aliphatic rings. The zero-order valence-electron chi connectivity index (χ0n) is 12.4. The van der Waals surface area contributed by atoms with Gasteiger partial charge in [0.05, 0.1) is 12.1 Å². The van der Waals surface area contributed by atoms with Gasteiger partial charge >= 0.3 is 6.03 Å². The van der Waals surface area contributed by atoms with Crippen LogP contribution in [-0.2, 0) is 4.74 Å². The molecule has 0 bridgehead atoms. The number of carbonyl (C=O) groups excluding carboxylic acids is 1. The van der Waals surface area contributed by atoms with Gasteiger partial charge in [0.25, 0.3) is 0 Å². The fraction of sp³-hybridized carbons (Fsp3) is 0.933. The van der Waals surface area contributed by atoms with E-state index in [9.17, 15) is 4.79 Å². The summed E-state index contributed by atoms with van der Waals surface area (Å²) in [5.74, 6) is 0. The van der Waals surface area contributed by atoms with Crippen molar-refractivity contribution >= 4 is 6.03 Å². The minimum Gasteiger partial charge on any atom is -0.376 e. The smallest absolute Gasteiger partial charge is 0.318 e. The first-order valence-electron chi connectivity index (χ1n) is 7.62. The van der Waals surface area contributed by atoms with Crippen LogP contribution in [-0.4, -0.2) is 41.8 Å². The van der Waals surface area contributed by atoms with Crippen molar-refractivity contribution < 1.29 is 9.53 Å². The fourth-order valence-electron chi connectivity index (χ4n) is 3.87. The third kappa shape index (κ3) is 2.24.